The van der Waals surface area contributed by atoms with Gasteiger partial charge in [0, 0.05) is 30.1 Å². The molecule has 1 amide bonds. The number of hydrogen-bond acceptors (Lipinski definition) is 4. The summed E-state index contributed by atoms with van der Waals surface area (Å²) in [5, 5.41) is 6.80. The van der Waals surface area contributed by atoms with Crippen LogP contribution in [0.4, 0.5) is 13.2 Å². The summed E-state index contributed by atoms with van der Waals surface area (Å²) >= 11 is 0. The Labute approximate surface area is 168 Å². The van der Waals surface area contributed by atoms with Crippen LogP contribution in [-0.2, 0) is 16.5 Å². The van der Waals surface area contributed by atoms with Crippen molar-refractivity contribution in [1.82, 2.24) is 15.6 Å². The number of carbonyl (C=O) groups excluding carboxylic acids is 1. The van der Waals surface area contributed by atoms with E-state index in [0.717, 1.165) is 12.6 Å². The van der Waals surface area contributed by atoms with Gasteiger partial charge in [-0.1, -0.05) is 19.1 Å². The van der Waals surface area contributed by atoms with E-state index in [-0.39, 0.29) is 23.8 Å². The molecule has 0 radical (unpaired) electrons. The maximum absolute atomic E-state index is 13.5. The third-order valence-corrected chi connectivity index (χ3v) is 5.20. The van der Waals surface area contributed by atoms with Crippen LogP contribution in [0.15, 0.2) is 30.5 Å². The summed E-state index contributed by atoms with van der Waals surface area (Å²) in [7, 11) is 0. The third-order valence-electron chi connectivity index (χ3n) is 5.20. The molecule has 8 heteroatoms. The number of nitrogens with zero attached hydrogens (tertiary/aromatic N) is 1. The molecule has 4 N–H and O–H groups in total. The van der Waals surface area contributed by atoms with Crippen molar-refractivity contribution < 1.29 is 18.0 Å². The second kappa shape index (κ2) is 7.57. The van der Waals surface area contributed by atoms with Gasteiger partial charge in [0.25, 0.3) is 0 Å². The normalized spacial score (nSPS) is 23.2. The Balaban J connectivity index is 2.14. The summed E-state index contributed by atoms with van der Waals surface area (Å²) in [4.78, 5) is 16.8. The lowest BCUT2D eigenvalue weighted by molar-refractivity contribution is -0.136. The van der Waals surface area contributed by atoms with E-state index < -0.39 is 22.8 Å². The minimum atomic E-state index is -4.51. The van der Waals surface area contributed by atoms with Crippen LogP contribution in [0.25, 0.3) is 10.9 Å². The topological polar surface area (TPSA) is 80.0 Å². The molecule has 0 bridgehead atoms. The molecule has 2 aromatic rings. The molecule has 2 heterocycles. The molecule has 1 fully saturated rings. The van der Waals surface area contributed by atoms with Gasteiger partial charge in [-0.25, -0.2) is 0 Å². The lowest BCUT2D eigenvalue weighted by Gasteiger charge is -2.42. The maximum Gasteiger partial charge on any atom is 0.418 e. The zero-order valence-corrected chi connectivity index (χ0v) is 16.9. The predicted molar refractivity (Wildman–Crippen MR) is 106 cm³/mol. The standard InChI is InChI=1S/C21H27F3N4O/c1-13-9-20(12-26-11-13,28-17(29)10-19(2,3)25)15-6-7-16(21(22,23)24)18-14(15)5-4-8-27-18/h4-8,13,26H,9-12,25H2,1-3H3,(H,28,29)/t13-,20-/m0/s1. The van der Waals surface area contributed by atoms with E-state index in [4.69, 9.17) is 5.73 Å². The molecule has 0 aliphatic carbocycles. The summed E-state index contributed by atoms with van der Waals surface area (Å²) in [6.45, 7) is 6.77. The first-order valence-electron chi connectivity index (χ1n) is 9.67. The van der Waals surface area contributed by atoms with E-state index in [1.807, 2.05) is 6.92 Å². The molecule has 158 valence electrons. The maximum atomic E-state index is 13.5. The Morgan fingerprint density at radius 3 is 2.69 bits per heavy atom. The van der Waals surface area contributed by atoms with Gasteiger partial charge in [0.05, 0.1) is 16.6 Å². The second-order valence-electron chi connectivity index (χ2n) is 8.79. The Morgan fingerprint density at radius 2 is 2.07 bits per heavy atom. The average molecular weight is 408 g/mol. The highest BCUT2D eigenvalue weighted by Gasteiger charge is 2.41. The number of fused-ring (bicyclic) bond motifs is 1. The van der Waals surface area contributed by atoms with Crippen LogP contribution >= 0.6 is 0 Å². The first kappa shape index (κ1) is 21.5. The van der Waals surface area contributed by atoms with Crippen molar-refractivity contribution in [2.45, 2.75) is 50.9 Å². The minimum absolute atomic E-state index is 0.108. The van der Waals surface area contributed by atoms with Crippen molar-refractivity contribution in [2.75, 3.05) is 13.1 Å². The fraction of sp³-hybridized carbons (Fsp3) is 0.524. The summed E-state index contributed by atoms with van der Waals surface area (Å²) in [5.41, 5.74) is 4.21. The minimum Gasteiger partial charge on any atom is -0.345 e. The molecule has 1 aromatic carbocycles. The number of alkyl halides is 3. The number of piperidine rings is 1. The third kappa shape index (κ3) is 4.70. The molecular weight excluding hydrogens is 381 g/mol. The molecule has 0 saturated carbocycles. The summed E-state index contributed by atoms with van der Waals surface area (Å²) < 4.78 is 40.5. The molecule has 1 aromatic heterocycles. The van der Waals surface area contributed by atoms with Gasteiger partial charge in [0.1, 0.15) is 0 Å². The number of rotatable bonds is 4. The van der Waals surface area contributed by atoms with Gasteiger partial charge in [-0.15, -0.1) is 0 Å². The average Bonchev–Trinajstić information content (AvgIpc) is 2.58. The van der Waals surface area contributed by atoms with Crippen molar-refractivity contribution in [3.05, 3.63) is 41.6 Å². The zero-order valence-electron chi connectivity index (χ0n) is 16.9. The van der Waals surface area contributed by atoms with Gasteiger partial charge in [0.2, 0.25) is 5.91 Å². The van der Waals surface area contributed by atoms with Crippen LogP contribution in [0.3, 0.4) is 0 Å². The van der Waals surface area contributed by atoms with Crippen molar-refractivity contribution in [1.29, 1.82) is 0 Å². The highest BCUT2D eigenvalue weighted by atomic mass is 19.4. The van der Waals surface area contributed by atoms with E-state index in [9.17, 15) is 18.0 Å². The Kier molecular flexibility index (Phi) is 5.62. The lowest BCUT2D eigenvalue weighted by Crippen LogP contribution is -2.58. The first-order chi connectivity index (χ1) is 13.4. The quantitative estimate of drug-likeness (QED) is 0.725. The fourth-order valence-electron chi connectivity index (χ4n) is 4.18. The molecule has 1 saturated heterocycles. The number of pyridine rings is 1. The lowest BCUT2D eigenvalue weighted by atomic mass is 9.77. The number of carbonyl (C=O) groups is 1. The van der Waals surface area contributed by atoms with Gasteiger partial charge >= 0.3 is 6.18 Å². The SMILES string of the molecule is C[C@@H]1CNC[C@](NC(=O)CC(C)(C)N)(c2ccc(C(F)(F)F)c3ncccc23)C1. The van der Waals surface area contributed by atoms with Crippen molar-refractivity contribution in [2.24, 2.45) is 11.7 Å². The zero-order chi connectivity index (χ0) is 21.4. The smallest absolute Gasteiger partial charge is 0.345 e. The fourth-order valence-corrected chi connectivity index (χ4v) is 4.18. The number of aromatic nitrogens is 1. The second-order valence-corrected chi connectivity index (χ2v) is 8.79. The van der Waals surface area contributed by atoms with Crippen molar-refractivity contribution >= 4 is 16.8 Å². The Bertz CT molecular complexity index is 907. The molecule has 5 nitrogen and oxygen atoms in total. The summed E-state index contributed by atoms with van der Waals surface area (Å²) in [6.07, 6.45) is -2.44. The van der Waals surface area contributed by atoms with Crippen LogP contribution in [-0.4, -0.2) is 29.5 Å². The van der Waals surface area contributed by atoms with E-state index in [1.54, 1.807) is 26.0 Å². The van der Waals surface area contributed by atoms with Crippen molar-refractivity contribution in [3.8, 4) is 0 Å². The number of benzene rings is 1. The van der Waals surface area contributed by atoms with E-state index in [0.29, 0.717) is 23.9 Å². The van der Waals surface area contributed by atoms with Gasteiger partial charge in [-0.2, -0.15) is 13.2 Å². The molecule has 29 heavy (non-hydrogen) atoms. The van der Waals surface area contributed by atoms with Gasteiger partial charge in [-0.3, -0.25) is 9.78 Å². The highest BCUT2D eigenvalue weighted by molar-refractivity contribution is 5.88. The number of nitrogens with one attached hydrogen (secondary N) is 2. The first-order valence-corrected chi connectivity index (χ1v) is 9.67. The van der Waals surface area contributed by atoms with Gasteiger partial charge < -0.3 is 16.4 Å². The van der Waals surface area contributed by atoms with E-state index >= 15 is 0 Å². The van der Waals surface area contributed by atoms with Gasteiger partial charge in [-0.05, 0) is 50.4 Å². The molecule has 1 aliphatic heterocycles. The number of halogens is 3. The van der Waals surface area contributed by atoms with Crippen LogP contribution in [0, 0.1) is 5.92 Å². The largest absolute Gasteiger partial charge is 0.418 e. The Hall–Kier alpha value is -2.19. The van der Waals surface area contributed by atoms with Gasteiger partial charge in [0.15, 0.2) is 0 Å². The van der Waals surface area contributed by atoms with E-state index in [1.165, 1.54) is 12.3 Å². The predicted octanol–water partition coefficient (Wildman–Crippen LogP) is 3.32. The summed E-state index contributed by atoms with van der Waals surface area (Å²) in [5.74, 6) is -0.00529. The monoisotopic (exact) mass is 408 g/mol. The number of amides is 1. The molecule has 3 rings (SSSR count). The highest BCUT2D eigenvalue weighted by Crippen LogP contribution is 2.40. The van der Waals surface area contributed by atoms with Crippen molar-refractivity contribution in [3.63, 3.8) is 0 Å². The molecule has 0 unspecified atom stereocenters. The molecular formula is C21H27F3N4O. The molecule has 0 spiro atoms. The van der Waals surface area contributed by atoms with Crippen LogP contribution < -0.4 is 16.4 Å². The Morgan fingerprint density at radius 1 is 1.34 bits per heavy atom. The molecule has 2 atom stereocenters. The van der Waals surface area contributed by atoms with E-state index in [2.05, 4.69) is 15.6 Å². The number of nitrogens with two attached hydrogens (primary N) is 1. The summed E-state index contributed by atoms with van der Waals surface area (Å²) in [6, 6.07) is 5.78. The number of hydrogen-bond donors (Lipinski definition) is 3. The van der Waals surface area contributed by atoms with Crippen LogP contribution in [0.2, 0.25) is 0 Å². The molecule has 1 aliphatic rings. The van der Waals surface area contributed by atoms with Crippen LogP contribution in [0.1, 0.15) is 44.7 Å². The van der Waals surface area contributed by atoms with Crippen LogP contribution in [0.5, 0.6) is 0 Å².